The second-order valence-electron chi connectivity index (χ2n) is 5.78. The molecule has 0 atom stereocenters. The maximum absolute atomic E-state index is 12.2. The highest BCUT2D eigenvalue weighted by molar-refractivity contribution is 6.02. The average molecular weight is 354 g/mol. The molecule has 0 unspecified atom stereocenters. The lowest BCUT2D eigenvalue weighted by atomic mass is 10.1. The fraction of sp³-hybridized carbons (Fsp3) is 0.235. The molecule has 3 aromatic rings. The first-order chi connectivity index (χ1) is 12.5. The van der Waals surface area contributed by atoms with Crippen molar-refractivity contribution in [1.82, 2.24) is 24.5 Å². The van der Waals surface area contributed by atoms with E-state index >= 15 is 0 Å². The van der Waals surface area contributed by atoms with Crippen molar-refractivity contribution in [1.29, 1.82) is 0 Å². The molecule has 1 amide bonds. The Hall–Kier alpha value is -3.49. The van der Waals surface area contributed by atoms with Crippen molar-refractivity contribution in [3.05, 3.63) is 59.7 Å². The molecule has 2 heterocycles. The normalized spacial score (nSPS) is 10.7. The number of hydrogen-bond donors (Lipinski definition) is 2. The van der Waals surface area contributed by atoms with Crippen LogP contribution in [0.5, 0.6) is 0 Å². The molecule has 0 aliphatic rings. The Morgan fingerprint density at radius 1 is 1.23 bits per heavy atom. The summed E-state index contributed by atoms with van der Waals surface area (Å²) in [4.78, 5) is 26.9. The monoisotopic (exact) mass is 354 g/mol. The molecule has 0 aliphatic heterocycles. The van der Waals surface area contributed by atoms with Gasteiger partial charge in [-0.15, -0.1) is 5.10 Å². The zero-order valence-corrected chi connectivity index (χ0v) is 14.2. The fourth-order valence-corrected chi connectivity index (χ4v) is 2.38. The largest absolute Gasteiger partial charge is 0.481 e. The molecule has 2 aromatic heterocycles. The van der Waals surface area contributed by atoms with Crippen molar-refractivity contribution >= 4 is 17.8 Å². The number of rotatable bonds is 7. The molecule has 0 radical (unpaired) electrons. The fourth-order valence-electron chi connectivity index (χ4n) is 2.38. The molecule has 0 saturated carbocycles. The Morgan fingerprint density at radius 2 is 2.04 bits per heavy atom. The summed E-state index contributed by atoms with van der Waals surface area (Å²) in [6.07, 6.45) is 4.36. The van der Waals surface area contributed by atoms with Crippen LogP contribution in [0, 0.1) is 6.92 Å². The van der Waals surface area contributed by atoms with E-state index in [2.05, 4.69) is 20.5 Å². The highest BCUT2D eigenvalue weighted by atomic mass is 16.4. The second kappa shape index (κ2) is 7.60. The van der Waals surface area contributed by atoms with Gasteiger partial charge in [-0.05, 0) is 18.1 Å². The van der Waals surface area contributed by atoms with E-state index in [1.54, 1.807) is 11.0 Å². The van der Waals surface area contributed by atoms with Crippen LogP contribution in [0.4, 0.5) is 5.95 Å². The van der Waals surface area contributed by atoms with Gasteiger partial charge in [-0.1, -0.05) is 24.3 Å². The molecule has 1 aromatic carbocycles. The summed E-state index contributed by atoms with van der Waals surface area (Å²) in [7, 11) is 0. The Bertz CT molecular complexity index is 930. The van der Waals surface area contributed by atoms with Gasteiger partial charge >= 0.3 is 5.97 Å². The zero-order chi connectivity index (χ0) is 18.5. The van der Waals surface area contributed by atoms with Crippen molar-refractivity contribution in [2.45, 2.75) is 26.4 Å². The number of carbonyl (C=O) groups excluding carboxylic acids is 1. The summed E-state index contributed by atoms with van der Waals surface area (Å²) in [5, 5.41) is 19.5. The van der Waals surface area contributed by atoms with Crippen LogP contribution >= 0.6 is 0 Å². The highest BCUT2D eigenvalue weighted by Crippen LogP contribution is 2.10. The van der Waals surface area contributed by atoms with Gasteiger partial charge in [0.1, 0.15) is 6.33 Å². The number of hydrogen-bond acceptors (Lipinski definition) is 5. The quantitative estimate of drug-likeness (QED) is 0.665. The van der Waals surface area contributed by atoms with Crippen LogP contribution in [0.25, 0.3) is 0 Å². The minimum Gasteiger partial charge on any atom is -0.481 e. The zero-order valence-electron chi connectivity index (χ0n) is 14.2. The third kappa shape index (κ3) is 4.32. The Kier molecular flexibility index (Phi) is 5.07. The van der Waals surface area contributed by atoms with E-state index < -0.39 is 11.9 Å². The van der Waals surface area contributed by atoms with Crippen molar-refractivity contribution in [2.24, 2.45) is 0 Å². The van der Waals surface area contributed by atoms with Crippen LogP contribution in [0.2, 0.25) is 0 Å². The summed E-state index contributed by atoms with van der Waals surface area (Å²) in [6, 6.07) is 7.98. The van der Waals surface area contributed by atoms with Gasteiger partial charge < -0.3 is 5.11 Å². The van der Waals surface area contributed by atoms with Crippen molar-refractivity contribution in [3.8, 4) is 0 Å². The van der Waals surface area contributed by atoms with Crippen LogP contribution < -0.4 is 5.32 Å². The molecule has 0 aliphatic carbocycles. The lowest BCUT2D eigenvalue weighted by molar-refractivity contribution is -0.137. The molecule has 9 nitrogen and oxygen atoms in total. The first kappa shape index (κ1) is 17.3. The number of carboxylic acid groups (broad SMARTS) is 1. The summed E-state index contributed by atoms with van der Waals surface area (Å²) >= 11 is 0. The van der Waals surface area contributed by atoms with E-state index in [1.165, 1.54) is 17.1 Å². The third-order valence-electron chi connectivity index (χ3n) is 3.81. The number of amides is 1. The molecule has 9 heteroatoms. The first-order valence-corrected chi connectivity index (χ1v) is 8.01. The third-order valence-corrected chi connectivity index (χ3v) is 3.81. The van der Waals surface area contributed by atoms with Gasteiger partial charge in [-0.2, -0.15) is 5.10 Å². The number of anilines is 1. The Balaban J connectivity index is 1.61. The van der Waals surface area contributed by atoms with Crippen LogP contribution in [0.3, 0.4) is 0 Å². The van der Waals surface area contributed by atoms with Crippen molar-refractivity contribution in [2.75, 3.05) is 5.32 Å². The van der Waals surface area contributed by atoms with Crippen LogP contribution in [0.15, 0.2) is 43.0 Å². The maximum Gasteiger partial charge on any atom is 0.305 e. The van der Waals surface area contributed by atoms with Crippen LogP contribution in [0.1, 0.15) is 27.9 Å². The molecule has 0 fully saturated rings. The number of carbonyl (C=O) groups is 2. The molecule has 2 N–H and O–H groups in total. The molecule has 0 bridgehead atoms. The molecule has 0 saturated heterocycles. The maximum atomic E-state index is 12.2. The van der Waals surface area contributed by atoms with E-state index in [9.17, 15) is 9.59 Å². The summed E-state index contributed by atoms with van der Waals surface area (Å²) in [6.45, 7) is 2.78. The number of benzene rings is 1. The predicted octanol–water partition coefficient (Wildman–Crippen LogP) is 1.56. The lowest BCUT2D eigenvalue weighted by Crippen LogP contribution is -2.13. The van der Waals surface area contributed by atoms with E-state index in [4.69, 9.17) is 5.11 Å². The molecular weight excluding hydrogens is 336 g/mol. The van der Waals surface area contributed by atoms with E-state index in [0.717, 1.165) is 11.1 Å². The smallest absolute Gasteiger partial charge is 0.305 e. The molecule has 26 heavy (non-hydrogen) atoms. The van der Waals surface area contributed by atoms with Gasteiger partial charge in [0.2, 0.25) is 5.95 Å². The molecule has 3 rings (SSSR count). The number of aliphatic carboxylic acids is 1. The van der Waals surface area contributed by atoms with Gasteiger partial charge in [-0.25, -0.2) is 9.67 Å². The molecule has 0 spiro atoms. The van der Waals surface area contributed by atoms with Gasteiger partial charge in [-0.3, -0.25) is 19.6 Å². The first-order valence-electron chi connectivity index (χ1n) is 8.01. The van der Waals surface area contributed by atoms with Gasteiger partial charge in [0.25, 0.3) is 5.91 Å². The average Bonchev–Trinajstić information content (AvgIpc) is 3.24. The Morgan fingerprint density at radius 3 is 2.81 bits per heavy atom. The standard InChI is InChI=1S/C17H18N6O3/c1-12-4-2-3-5-13(12)9-23-11-18-17(21-23)20-16(26)14-8-19-22(10-14)7-6-15(24)25/h2-5,8,10-11H,6-7,9H2,1H3,(H,24,25)(H,20,21,26). The van der Waals surface area contributed by atoms with Crippen LogP contribution in [-0.4, -0.2) is 41.5 Å². The molecular formula is C17H18N6O3. The lowest BCUT2D eigenvalue weighted by Gasteiger charge is -2.04. The second-order valence-corrected chi connectivity index (χ2v) is 5.78. The van der Waals surface area contributed by atoms with E-state index in [1.807, 2.05) is 31.2 Å². The number of aromatic nitrogens is 5. The Labute approximate surface area is 149 Å². The summed E-state index contributed by atoms with van der Waals surface area (Å²) in [5.74, 6) is -1.13. The molecule has 134 valence electrons. The van der Waals surface area contributed by atoms with Crippen molar-refractivity contribution in [3.63, 3.8) is 0 Å². The summed E-state index contributed by atoms with van der Waals surface area (Å²) in [5.41, 5.74) is 2.59. The minimum absolute atomic E-state index is 0.0619. The van der Waals surface area contributed by atoms with Gasteiger partial charge in [0, 0.05) is 6.20 Å². The minimum atomic E-state index is -0.921. The predicted molar refractivity (Wildman–Crippen MR) is 92.7 cm³/mol. The number of nitrogens with zero attached hydrogens (tertiary/aromatic N) is 5. The van der Waals surface area contributed by atoms with Gasteiger partial charge in [0.05, 0.1) is 31.3 Å². The summed E-state index contributed by atoms with van der Waals surface area (Å²) < 4.78 is 3.06. The van der Waals surface area contributed by atoms with Crippen molar-refractivity contribution < 1.29 is 14.7 Å². The highest BCUT2D eigenvalue weighted by Gasteiger charge is 2.12. The SMILES string of the molecule is Cc1ccccc1Cn1cnc(NC(=O)c2cnn(CCC(=O)O)c2)n1. The topological polar surface area (TPSA) is 115 Å². The van der Waals surface area contributed by atoms with E-state index in [0.29, 0.717) is 12.1 Å². The number of aryl methyl sites for hydroxylation is 2. The van der Waals surface area contributed by atoms with E-state index in [-0.39, 0.29) is 18.9 Å². The van der Waals surface area contributed by atoms with Gasteiger partial charge in [0.15, 0.2) is 0 Å². The number of carboxylic acids is 1. The number of nitrogens with one attached hydrogen (secondary N) is 1. The van der Waals surface area contributed by atoms with Crippen LogP contribution in [-0.2, 0) is 17.9 Å².